The van der Waals surface area contributed by atoms with E-state index in [2.05, 4.69) is 15.5 Å². The maximum atomic E-state index is 13.5. The normalized spacial score (nSPS) is 18.5. The second-order valence-corrected chi connectivity index (χ2v) is 10.9. The van der Waals surface area contributed by atoms with Gasteiger partial charge in [-0.2, -0.15) is 0 Å². The Morgan fingerprint density at radius 2 is 1.73 bits per heavy atom. The van der Waals surface area contributed by atoms with Crippen LogP contribution in [0.3, 0.4) is 0 Å². The number of fused-ring (bicyclic) bond motifs is 2. The fourth-order valence-corrected chi connectivity index (χ4v) is 6.00. The molecular weight excluding hydrogens is 545 g/mol. The van der Waals surface area contributed by atoms with Crippen LogP contribution in [0.25, 0.3) is 17.2 Å². The van der Waals surface area contributed by atoms with Crippen molar-refractivity contribution in [2.75, 3.05) is 23.7 Å². The number of nitrogens with zero attached hydrogens (tertiary/aromatic N) is 2. The van der Waals surface area contributed by atoms with Crippen LogP contribution in [0.4, 0.5) is 20.6 Å². The number of likely N-dealkylation sites (tertiary alicyclic amines) is 1. The van der Waals surface area contributed by atoms with Crippen LogP contribution in [0.5, 0.6) is 0 Å². The zero-order valence-electron chi connectivity index (χ0n) is 22.6. The molecule has 0 saturated carbocycles. The number of piperazine rings is 1. The molecule has 4 amide bonds. The van der Waals surface area contributed by atoms with Gasteiger partial charge in [-0.3, -0.25) is 14.5 Å². The maximum absolute atomic E-state index is 13.5. The minimum atomic E-state index is -0.679. The Morgan fingerprint density at radius 3 is 2.39 bits per heavy atom. The summed E-state index contributed by atoms with van der Waals surface area (Å²) in [4.78, 5) is 41.0. The van der Waals surface area contributed by atoms with Crippen LogP contribution in [0.15, 0.2) is 66.7 Å². The molecular formula is C31H31ClFN5O3. The molecule has 4 N–H and O–H groups in total. The molecule has 2 atom stereocenters. The number of nitrogens with one attached hydrogen (secondary N) is 2. The molecule has 2 fully saturated rings. The third kappa shape index (κ3) is 6.75. The van der Waals surface area contributed by atoms with Gasteiger partial charge < -0.3 is 21.3 Å². The standard InChI is InChI=1S/C31H31ClFN5O3/c1-19(39)35-29-15-28(32)27(21-3-2-4-24(13-21)36-31(34)41)14-22(29)7-12-30(40)38-25-10-11-26(38)18-37(17-25)16-20-5-8-23(33)9-6-20/h2-9,12-15,25-26H,10-11,16-18H2,1H3,(H,35,39)(H3,34,36,41)/b12-7+. The highest BCUT2D eigenvalue weighted by Crippen LogP contribution is 2.36. The van der Waals surface area contributed by atoms with E-state index < -0.39 is 6.03 Å². The van der Waals surface area contributed by atoms with Gasteiger partial charge in [0, 0.05) is 61.7 Å². The highest BCUT2D eigenvalue weighted by Gasteiger charge is 2.41. The number of anilines is 2. The van der Waals surface area contributed by atoms with Gasteiger partial charge in [0.05, 0.1) is 5.02 Å². The first-order valence-corrected chi connectivity index (χ1v) is 13.8. The predicted octanol–water partition coefficient (Wildman–Crippen LogP) is 5.48. The van der Waals surface area contributed by atoms with Crippen LogP contribution in [0.1, 0.15) is 30.9 Å². The smallest absolute Gasteiger partial charge is 0.316 e. The van der Waals surface area contributed by atoms with Crippen molar-refractivity contribution in [2.24, 2.45) is 5.73 Å². The number of rotatable bonds is 7. The number of hydrogen-bond donors (Lipinski definition) is 3. The lowest BCUT2D eigenvalue weighted by molar-refractivity contribution is -0.131. The summed E-state index contributed by atoms with van der Waals surface area (Å²) in [6, 6.07) is 16.6. The fourth-order valence-electron chi connectivity index (χ4n) is 5.73. The fraction of sp³-hybridized carbons (Fsp3) is 0.258. The summed E-state index contributed by atoms with van der Waals surface area (Å²) >= 11 is 6.60. The van der Waals surface area contributed by atoms with Gasteiger partial charge >= 0.3 is 6.03 Å². The molecule has 2 heterocycles. The molecule has 3 aromatic carbocycles. The Kier molecular flexibility index (Phi) is 8.37. The van der Waals surface area contributed by atoms with E-state index in [1.807, 2.05) is 11.0 Å². The molecule has 0 spiro atoms. The Hall–Kier alpha value is -4.21. The van der Waals surface area contributed by atoms with Crippen LogP contribution in [0, 0.1) is 5.82 Å². The number of nitrogens with two attached hydrogens (primary N) is 1. The van der Waals surface area contributed by atoms with Gasteiger partial charge in [-0.05, 0) is 72.0 Å². The van der Waals surface area contributed by atoms with Crippen molar-refractivity contribution in [3.05, 3.63) is 88.7 Å². The van der Waals surface area contributed by atoms with Crippen molar-refractivity contribution >= 4 is 46.9 Å². The monoisotopic (exact) mass is 575 g/mol. The van der Waals surface area contributed by atoms with Gasteiger partial charge in [0.1, 0.15) is 5.82 Å². The summed E-state index contributed by atoms with van der Waals surface area (Å²) in [5.74, 6) is -0.603. The molecule has 212 valence electrons. The lowest BCUT2D eigenvalue weighted by atomic mass is 10.0. The third-order valence-corrected chi connectivity index (χ3v) is 7.74. The average Bonchev–Trinajstić information content (AvgIpc) is 3.19. The van der Waals surface area contributed by atoms with Crippen LogP contribution in [0.2, 0.25) is 5.02 Å². The second kappa shape index (κ2) is 12.1. The van der Waals surface area contributed by atoms with Crippen LogP contribution < -0.4 is 16.4 Å². The number of carbonyl (C=O) groups is 3. The van der Waals surface area contributed by atoms with Crippen LogP contribution in [-0.2, 0) is 16.1 Å². The molecule has 0 aromatic heterocycles. The summed E-state index contributed by atoms with van der Waals surface area (Å²) in [5, 5.41) is 5.74. The zero-order valence-corrected chi connectivity index (χ0v) is 23.3. The SMILES string of the molecule is CC(=O)Nc1cc(Cl)c(-c2cccc(NC(N)=O)c2)cc1/C=C/C(=O)N1C2CCC1CN(Cc1ccc(F)cc1)C2. The number of hydrogen-bond acceptors (Lipinski definition) is 4. The van der Waals surface area contributed by atoms with Gasteiger partial charge in [-0.25, -0.2) is 9.18 Å². The van der Waals surface area contributed by atoms with Gasteiger partial charge in [0.25, 0.3) is 0 Å². The Balaban J connectivity index is 1.36. The Bertz CT molecular complexity index is 1500. The van der Waals surface area contributed by atoms with Gasteiger partial charge in [-0.1, -0.05) is 35.9 Å². The summed E-state index contributed by atoms with van der Waals surface area (Å²) in [6.07, 6.45) is 5.11. The predicted molar refractivity (Wildman–Crippen MR) is 159 cm³/mol. The molecule has 0 aliphatic carbocycles. The van der Waals surface area contributed by atoms with Gasteiger partial charge in [-0.15, -0.1) is 0 Å². The lowest BCUT2D eigenvalue weighted by Gasteiger charge is -2.40. The molecule has 2 saturated heterocycles. The highest BCUT2D eigenvalue weighted by atomic mass is 35.5. The van der Waals surface area contributed by atoms with Crippen LogP contribution >= 0.6 is 11.6 Å². The quantitative estimate of drug-likeness (QED) is 0.324. The largest absolute Gasteiger partial charge is 0.351 e. The van der Waals surface area contributed by atoms with Crippen molar-refractivity contribution in [2.45, 2.75) is 38.4 Å². The first-order valence-electron chi connectivity index (χ1n) is 13.4. The topological polar surface area (TPSA) is 108 Å². The highest BCUT2D eigenvalue weighted by molar-refractivity contribution is 6.34. The van der Waals surface area contributed by atoms with E-state index in [0.29, 0.717) is 27.5 Å². The Labute approximate surface area is 243 Å². The van der Waals surface area contributed by atoms with Crippen molar-refractivity contribution in [3.8, 4) is 11.1 Å². The molecule has 5 rings (SSSR count). The van der Waals surface area contributed by atoms with Crippen molar-refractivity contribution in [1.29, 1.82) is 0 Å². The zero-order chi connectivity index (χ0) is 29.1. The molecule has 2 unspecified atom stereocenters. The van der Waals surface area contributed by atoms with E-state index in [9.17, 15) is 18.8 Å². The summed E-state index contributed by atoms with van der Waals surface area (Å²) in [6.45, 7) is 3.63. The average molecular weight is 576 g/mol. The molecule has 41 heavy (non-hydrogen) atoms. The number of halogens is 2. The van der Waals surface area contributed by atoms with Gasteiger partial charge in [0.2, 0.25) is 11.8 Å². The summed E-state index contributed by atoms with van der Waals surface area (Å²) in [7, 11) is 0. The van der Waals surface area contributed by atoms with Crippen molar-refractivity contribution in [3.63, 3.8) is 0 Å². The molecule has 2 aliphatic rings. The number of carbonyl (C=O) groups excluding carboxylic acids is 3. The van der Waals surface area contributed by atoms with Crippen molar-refractivity contribution < 1.29 is 18.8 Å². The van der Waals surface area contributed by atoms with E-state index in [-0.39, 0.29) is 29.7 Å². The van der Waals surface area contributed by atoms with Gasteiger partial charge in [0.15, 0.2) is 0 Å². The maximum Gasteiger partial charge on any atom is 0.316 e. The van der Waals surface area contributed by atoms with Crippen molar-refractivity contribution in [1.82, 2.24) is 9.80 Å². The molecule has 10 heteroatoms. The molecule has 2 bridgehead atoms. The van der Waals surface area contributed by atoms with E-state index in [1.54, 1.807) is 54.6 Å². The number of urea groups is 1. The third-order valence-electron chi connectivity index (χ3n) is 7.43. The molecule has 3 aromatic rings. The van der Waals surface area contributed by atoms with E-state index in [1.165, 1.54) is 19.1 Å². The molecule has 8 nitrogen and oxygen atoms in total. The summed E-state index contributed by atoms with van der Waals surface area (Å²) in [5.41, 5.74) is 9.30. The number of primary amides is 1. The second-order valence-electron chi connectivity index (χ2n) is 10.5. The minimum Gasteiger partial charge on any atom is -0.351 e. The summed E-state index contributed by atoms with van der Waals surface area (Å²) < 4.78 is 13.3. The van der Waals surface area contributed by atoms with E-state index in [0.717, 1.165) is 43.6 Å². The molecule has 0 radical (unpaired) electrons. The Morgan fingerprint density at radius 1 is 1.02 bits per heavy atom. The van der Waals surface area contributed by atoms with E-state index in [4.69, 9.17) is 17.3 Å². The first-order chi connectivity index (χ1) is 19.7. The number of amides is 4. The first kappa shape index (κ1) is 28.3. The van der Waals surface area contributed by atoms with E-state index >= 15 is 0 Å². The number of benzene rings is 3. The lowest BCUT2D eigenvalue weighted by Crippen LogP contribution is -2.55. The van der Waals surface area contributed by atoms with Crippen LogP contribution in [-0.4, -0.2) is 52.8 Å². The molecule has 2 aliphatic heterocycles. The minimum absolute atomic E-state index is 0.0862.